The molecule has 0 aromatic carbocycles. The van der Waals surface area contributed by atoms with Gasteiger partial charge in [-0.05, 0) is 6.42 Å². The Morgan fingerprint density at radius 2 is 1.58 bits per heavy atom. The molecule has 0 bridgehead atoms. The van der Waals surface area contributed by atoms with Crippen LogP contribution >= 0.6 is 0 Å². The zero-order valence-electron chi connectivity index (χ0n) is 7.49. The van der Waals surface area contributed by atoms with Gasteiger partial charge in [0.15, 0.2) is 0 Å². The molecule has 0 amide bonds. The predicted molar refractivity (Wildman–Crippen MR) is 47.9 cm³/mol. The van der Waals surface area contributed by atoms with Crippen molar-refractivity contribution < 1.29 is 19.7 Å². The maximum Gasteiger partial charge on any atom is 0.267 e. The highest BCUT2D eigenvalue weighted by Crippen LogP contribution is 2.03. The summed E-state index contributed by atoms with van der Waals surface area (Å²) in [4.78, 5) is 0. The van der Waals surface area contributed by atoms with Gasteiger partial charge >= 0.3 is 0 Å². The van der Waals surface area contributed by atoms with Crippen LogP contribution in [0, 0.1) is 0 Å². The highest BCUT2D eigenvalue weighted by Gasteiger charge is 2.32. The van der Waals surface area contributed by atoms with E-state index in [1.165, 1.54) is 0 Å². The number of rotatable bonds is 7. The lowest BCUT2D eigenvalue weighted by atomic mass is 10.4. The van der Waals surface area contributed by atoms with Crippen molar-refractivity contribution in [3.63, 3.8) is 0 Å². The van der Waals surface area contributed by atoms with Crippen molar-refractivity contribution in [1.82, 2.24) is 0 Å². The molecule has 0 atom stereocenters. The van der Waals surface area contributed by atoms with E-state index in [9.17, 15) is 0 Å². The van der Waals surface area contributed by atoms with E-state index in [-0.39, 0.29) is 18.7 Å². The van der Waals surface area contributed by atoms with Gasteiger partial charge in [-0.15, -0.1) is 0 Å². The van der Waals surface area contributed by atoms with Crippen molar-refractivity contribution in [2.75, 3.05) is 25.3 Å². The molecule has 0 saturated heterocycles. The Bertz CT molecular complexity index is 97.3. The first kappa shape index (κ1) is 12.1. The van der Waals surface area contributed by atoms with Gasteiger partial charge in [0.25, 0.3) is 8.32 Å². The molecule has 0 aliphatic heterocycles. The second kappa shape index (κ2) is 6.56. The zero-order chi connectivity index (χ0) is 9.45. The molecule has 0 aromatic rings. The lowest BCUT2D eigenvalue weighted by Gasteiger charge is -2.24. The second-order valence-corrected chi connectivity index (χ2v) is 6.46. The molecule has 0 unspecified atom stereocenters. The van der Waals surface area contributed by atoms with Gasteiger partial charge in [-0.2, -0.15) is 0 Å². The van der Waals surface area contributed by atoms with Crippen LogP contribution in [0.25, 0.3) is 0 Å². The largest absolute Gasteiger partial charge is 0.410 e. The van der Waals surface area contributed by atoms with Crippen molar-refractivity contribution in [2.45, 2.75) is 19.8 Å². The number of aliphatic hydroxyl groups is 3. The minimum atomic E-state index is -2.59. The van der Waals surface area contributed by atoms with Gasteiger partial charge in [0, 0.05) is 6.61 Å². The number of aliphatic hydroxyl groups excluding tert-OH is 3. The van der Waals surface area contributed by atoms with Gasteiger partial charge in [-0.1, -0.05) is 13.3 Å². The molecule has 3 N–H and O–H groups in total. The van der Waals surface area contributed by atoms with Gasteiger partial charge < -0.3 is 19.7 Å². The first-order valence-electron chi connectivity index (χ1n) is 4.21. The van der Waals surface area contributed by atoms with E-state index in [4.69, 9.17) is 19.7 Å². The molecule has 0 radical (unpaired) electrons. The van der Waals surface area contributed by atoms with Gasteiger partial charge in [-0.3, -0.25) is 0 Å². The maximum atomic E-state index is 8.89. The second-order valence-electron chi connectivity index (χ2n) is 2.86. The van der Waals surface area contributed by atoms with E-state index in [0.717, 1.165) is 12.8 Å². The maximum absolute atomic E-state index is 8.89. The highest BCUT2D eigenvalue weighted by atomic mass is 28.4. The molecule has 0 rings (SSSR count). The Morgan fingerprint density at radius 3 is 1.92 bits per heavy atom. The van der Waals surface area contributed by atoms with Crippen LogP contribution in [-0.4, -0.2) is 48.9 Å². The van der Waals surface area contributed by atoms with Crippen molar-refractivity contribution >= 4 is 8.32 Å². The summed E-state index contributed by atoms with van der Waals surface area (Å²) in [5.74, 6) is 0. The first-order chi connectivity index (χ1) is 5.74. The molecule has 0 heterocycles. The SMILES string of the molecule is CCCCO[Si](CO)(CO)CO. The summed E-state index contributed by atoms with van der Waals surface area (Å²) < 4.78 is 5.31. The minimum absolute atomic E-state index is 0.219. The summed E-state index contributed by atoms with van der Waals surface area (Å²) >= 11 is 0. The third-order valence-corrected chi connectivity index (χ3v) is 4.32. The normalized spacial score (nSPS) is 12.0. The monoisotopic (exact) mass is 194 g/mol. The van der Waals surface area contributed by atoms with E-state index in [1.54, 1.807) is 0 Å². The molecule has 5 heteroatoms. The molecule has 0 saturated carbocycles. The summed E-state index contributed by atoms with van der Waals surface area (Å²) in [6, 6.07) is 0. The van der Waals surface area contributed by atoms with E-state index in [1.807, 2.05) is 6.92 Å². The first-order valence-corrected chi connectivity index (χ1v) is 6.74. The number of hydrogen-bond donors (Lipinski definition) is 3. The van der Waals surface area contributed by atoms with E-state index >= 15 is 0 Å². The highest BCUT2D eigenvalue weighted by molar-refractivity contribution is 6.73. The lowest BCUT2D eigenvalue weighted by Crippen LogP contribution is -2.51. The molecule has 0 aromatic heterocycles. The average Bonchev–Trinajstić information content (AvgIpc) is 2.14. The predicted octanol–water partition coefficient (Wildman–Crippen LogP) is -0.657. The van der Waals surface area contributed by atoms with Crippen molar-refractivity contribution in [2.24, 2.45) is 0 Å². The van der Waals surface area contributed by atoms with Crippen LogP contribution in [0.1, 0.15) is 19.8 Å². The molecule has 4 nitrogen and oxygen atoms in total. The standard InChI is InChI=1S/C7H18O4Si/c1-2-3-4-11-12(5-8,6-9)7-10/h8-10H,2-7H2,1H3. The Balaban J connectivity index is 3.76. The van der Waals surface area contributed by atoms with Crippen LogP contribution in [0.4, 0.5) is 0 Å². The van der Waals surface area contributed by atoms with Gasteiger partial charge in [0.1, 0.15) is 0 Å². The fourth-order valence-electron chi connectivity index (χ4n) is 0.720. The molecule has 74 valence electrons. The van der Waals surface area contributed by atoms with Crippen molar-refractivity contribution in [3.05, 3.63) is 0 Å². The van der Waals surface area contributed by atoms with Gasteiger partial charge in [-0.25, -0.2) is 0 Å². The summed E-state index contributed by atoms with van der Waals surface area (Å²) in [7, 11) is -2.59. The Hall–Kier alpha value is 0.0569. The molecular weight excluding hydrogens is 176 g/mol. The zero-order valence-corrected chi connectivity index (χ0v) is 8.49. The molecule has 0 fully saturated rings. The van der Waals surface area contributed by atoms with Crippen LogP contribution in [0.2, 0.25) is 0 Å². The van der Waals surface area contributed by atoms with Crippen molar-refractivity contribution in [3.8, 4) is 0 Å². The fraction of sp³-hybridized carbons (Fsp3) is 1.00. The molecule has 0 aliphatic carbocycles. The summed E-state index contributed by atoms with van der Waals surface area (Å²) in [6.07, 6.45) is 1.25. The summed E-state index contributed by atoms with van der Waals surface area (Å²) in [5, 5.41) is 26.7. The van der Waals surface area contributed by atoms with Crippen LogP contribution in [-0.2, 0) is 4.43 Å². The molecule has 12 heavy (non-hydrogen) atoms. The van der Waals surface area contributed by atoms with Gasteiger partial charge in [0.05, 0.1) is 18.7 Å². The third kappa shape index (κ3) is 3.64. The molecule has 0 spiro atoms. The van der Waals surface area contributed by atoms with Crippen molar-refractivity contribution in [1.29, 1.82) is 0 Å². The molecule has 0 aliphatic rings. The Kier molecular flexibility index (Phi) is 6.59. The van der Waals surface area contributed by atoms with Gasteiger partial charge in [0.2, 0.25) is 0 Å². The van der Waals surface area contributed by atoms with E-state index in [0.29, 0.717) is 6.61 Å². The lowest BCUT2D eigenvalue weighted by molar-refractivity contribution is 0.190. The Morgan fingerprint density at radius 1 is 1.08 bits per heavy atom. The molecular formula is C7H18O4Si. The fourth-order valence-corrected chi connectivity index (χ4v) is 1.87. The van der Waals surface area contributed by atoms with E-state index < -0.39 is 8.32 Å². The van der Waals surface area contributed by atoms with Crippen LogP contribution in [0.15, 0.2) is 0 Å². The van der Waals surface area contributed by atoms with Crippen LogP contribution in [0.3, 0.4) is 0 Å². The summed E-state index contributed by atoms with van der Waals surface area (Å²) in [6.45, 7) is 2.55. The average molecular weight is 194 g/mol. The topological polar surface area (TPSA) is 69.9 Å². The third-order valence-electron chi connectivity index (χ3n) is 1.77. The van der Waals surface area contributed by atoms with Crippen LogP contribution in [0.5, 0.6) is 0 Å². The summed E-state index contributed by atoms with van der Waals surface area (Å²) in [5.41, 5.74) is 0. The Labute approximate surface area is 73.9 Å². The quantitative estimate of drug-likeness (QED) is 0.372. The smallest absolute Gasteiger partial charge is 0.267 e. The number of unbranched alkanes of at least 4 members (excludes halogenated alkanes) is 1. The van der Waals surface area contributed by atoms with Crippen LogP contribution < -0.4 is 0 Å². The number of hydrogen-bond acceptors (Lipinski definition) is 4. The minimum Gasteiger partial charge on any atom is -0.410 e. The van der Waals surface area contributed by atoms with E-state index in [2.05, 4.69) is 0 Å².